The van der Waals surface area contributed by atoms with E-state index in [2.05, 4.69) is 28.8 Å². The van der Waals surface area contributed by atoms with Crippen LogP contribution in [-0.4, -0.2) is 46.7 Å². The van der Waals surface area contributed by atoms with E-state index < -0.39 is 15.9 Å². The van der Waals surface area contributed by atoms with E-state index >= 15 is 0 Å². The average Bonchev–Trinajstić information content (AvgIpc) is 3.28. The normalized spacial score (nSPS) is 16.3. The molecule has 31 heavy (non-hydrogen) atoms. The van der Waals surface area contributed by atoms with Crippen LogP contribution in [0.15, 0.2) is 47.4 Å². The molecule has 2 aromatic rings. The van der Waals surface area contributed by atoms with Crippen LogP contribution in [0.1, 0.15) is 37.0 Å². The van der Waals surface area contributed by atoms with Crippen LogP contribution in [0.4, 0.5) is 11.4 Å². The number of carbonyl (C=O) groups excluding carboxylic acids is 1. The van der Waals surface area contributed by atoms with Crippen LogP contribution in [0, 0.1) is 0 Å². The van der Waals surface area contributed by atoms with E-state index in [4.69, 9.17) is 16.3 Å². The van der Waals surface area contributed by atoms with Crippen molar-refractivity contribution in [1.29, 1.82) is 0 Å². The smallest absolute Gasteiger partial charge is 0.255 e. The molecule has 1 aliphatic heterocycles. The summed E-state index contributed by atoms with van der Waals surface area (Å²) in [4.78, 5) is 14.8. The molecule has 2 N–H and O–H groups in total. The lowest BCUT2D eigenvalue weighted by molar-refractivity contribution is 0.102. The Labute approximate surface area is 188 Å². The van der Waals surface area contributed by atoms with Gasteiger partial charge < -0.3 is 15.0 Å². The van der Waals surface area contributed by atoms with Crippen LogP contribution in [0.3, 0.4) is 0 Å². The fourth-order valence-electron chi connectivity index (χ4n) is 3.48. The summed E-state index contributed by atoms with van der Waals surface area (Å²) in [6.45, 7) is 6.77. The van der Waals surface area contributed by atoms with E-state index in [9.17, 15) is 13.2 Å². The summed E-state index contributed by atoms with van der Waals surface area (Å²) in [6.07, 6.45) is 1.59. The SMILES string of the molecule is CCN(CC)c1ccc(NC(=O)c2ccc(Cl)c(S(=O)(=O)NCC3CCCO3)c2)cc1. The van der Waals surface area contributed by atoms with Crippen molar-refractivity contribution in [3.05, 3.63) is 53.1 Å². The zero-order valence-corrected chi connectivity index (χ0v) is 19.3. The minimum absolute atomic E-state index is 0.0555. The zero-order chi connectivity index (χ0) is 22.4. The molecule has 3 rings (SSSR count). The van der Waals surface area contributed by atoms with E-state index in [0.717, 1.165) is 31.6 Å². The van der Waals surface area contributed by atoms with Crippen molar-refractivity contribution in [3.63, 3.8) is 0 Å². The lowest BCUT2D eigenvalue weighted by Gasteiger charge is -2.21. The van der Waals surface area contributed by atoms with E-state index in [1.165, 1.54) is 18.2 Å². The lowest BCUT2D eigenvalue weighted by Crippen LogP contribution is -2.32. The number of hydrogen-bond donors (Lipinski definition) is 2. The highest BCUT2D eigenvalue weighted by Crippen LogP contribution is 2.24. The Balaban J connectivity index is 1.72. The third-order valence-electron chi connectivity index (χ3n) is 5.26. The summed E-state index contributed by atoms with van der Waals surface area (Å²) in [7, 11) is -3.88. The zero-order valence-electron chi connectivity index (χ0n) is 17.7. The lowest BCUT2D eigenvalue weighted by atomic mass is 10.2. The highest BCUT2D eigenvalue weighted by molar-refractivity contribution is 7.89. The van der Waals surface area contributed by atoms with Crippen LogP contribution in [-0.2, 0) is 14.8 Å². The maximum atomic E-state index is 12.7. The van der Waals surface area contributed by atoms with Crippen molar-refractivity contribution >= 4 is 38.9 Å². The van der Waals surface area contributed by atoms with Gasteiger partial charge in [0.15, 0.2) is 0 Å². The molecule has 0 saturated carbocycles. The standard InChI is InChI=1S/C22H28ClN3O4S/c1-3-26(4-2)18-10-8-17(9-11-18)25-22(27)16-7-12-20(23)21(14-16)31(28,29)24-15-19-6-5-13-30-19/h7-12,14,19,24H,3-6,13,15H2,1-2H3,(H,25,27). The van der Waals surface area contributed by atoms with Gasteiger partial charge in [-0.1, -0.05) is 11.6 Å². The predicted molar refractivity (Wildman–Crippen MR) is 124 cm³/mol. The van der Waals surface area contributed by atoms with E-state index in [1.807, 2.05) is 24.3 Å². The van der Waals surface area contributed by atoms with Gasteiger partial charge in [-0.3, -0.25) is 4.79 Å². The summed E-state index contributed by atoms with van der Waals surface area (Å²) in [5.74, 6) is -0.414. The van der Waals surface area contributed by atoms with E-state index in [1.54, 1.807) is 0 Å². The first-order chi connectivity index (χ1) is 14.8. The molecule has 1 aliphatic rings. The van der Waals surface area contributed by atoms with E-state index in [-0.39, 0.29) is 28.1 Å². The van der Waals surface area contributed by atoms with Gasteiger partial charge in [-0.15, -0.1) is 0 Å². The number of ether oxygens (including phenoxy) is 1. The Hall–Kier alpha value is -2.13. The first-order valence-electron chi connectivity index (χ1n) is 10.4. The molecule has 9 heteroatoms. The minimum atomic E-state index is -3.88. The van der Waals surface area contributed by atoms with Crippen LogP contribution in [0.25, 0.3) is 0 Å². The quantitative estimate of drug-likeness (QED) is 0.586. The summed E-state index contributed by atoms with van der Waals surface area (Å²) >= 11 is 6.13. The molecule has 1 heterocycles. The molecule has 0 spiro atoms. The van der Waals surface area contributed by atoms with Gasteiger partial charge in [-0.25, -0.2) is 13.1 Å². The second-order valence-electron chi connectivity index (χ2n) is 7.31. The molecule has 1 unspecified atom stereocenters. The number of amides is 1. The number of sulfonamides is 1. The van der Waals surface area contributed by atoms with Crippen molar-refractivity contribution in [1.82, 2.24) is 4.72 Å². The number of benzene rings is 2. The van der Waals surface area contributed by atoms with E-state index in [0.29, 0.717) is 12.3 Å². The number of carbonyl (C=O) groups is 1. The van der Waals surface area contributed by atoms with Crippen molar-refractivity contribution in [3.8, 4) is 0 Å². The van der Waals surface area contributed by atoms with Gasteiger partial charge in [0, 0.05) is 43.2 Å². The number of halogens is 1. The van der Waals surface area contributed by atoms with Crippen LogP contribution in [0.2, 0.25) is 5.02 Å². The minimum Gasteiger partial charge on any atom is -0.377 e. The van der Waals surface area contributed by atoms with Gasteiger partial charge in [0.2, 0.25) is 10.0 Å². The molecule has 1 atom stereocenters. The fraction of sp³-hybridized carbons (Fsp3) is 0.409. The second-order valence-corrected chi connectivity index (χ2v) is 9.45. The summed E-state index contributed by atoms with van der Waals surface area (Å²) in [5, 5.41) is 2.86. The van der Waals surface area contributed by atoms with Crippen LogP contribution < -0.4 is 14.9 Å². The van der Waals surface area contributed by atoms with Gasteiger partial charge in [-0.2, -0.15) is 0 Å². The molecular formula is C22H28ClN3O4S. The Morgan fingerprint density at radius 1 is 1.16 bits per heavy atom. The maximum Gasteiger partial charge on any atom is 0.255 e. The largest absolute Gasteiger partial charge is 0.377 e. The highest BCUT2D eigenvalue weighted by atomic mass is 35.5. The Kier molecular flexibility index (Phi) is 7.94. The fourth-order valence-corrected chi connectivity index (χ4v) is 5.07. The molecule has 2 aromatic carbocycles. The second kappa shape index (κ2) is 10.5. The van der Waals surface area contributed by atoms with Gasteiger partial charge in [-0.05, 0) is 69.2 Å². The molecule has 1 saturated heterocycles. The van der Waals surface area contributed by atoms with Crippen molar-refractivity contribution < 1.29 is 17.9 Å². The monoisotopic (exact) mass is 465 g/mol. The first kappa shape index (κ1) is 23.5. The Bertz CT molecular complexity index is 1000. The summed E-state index contributed by atoms with van der Waals surface area (Å²) < 4.78 is 33.4. The van der Waals surface area contributed by atoms with Crippen molar-refractivity contribution in [2.45, 2.75) is 37.7 Å². The molecule has 7 nitrogen and oxygen atoms in total. The average molecular weight is 466 g/mol. The molecule has 1 fully saturated rings. The topological polar surface area (TPSA) is 87.7 Å². The number of nitrogens with one attached hydrogen (secondary N) is 2. The summed E-state index contributed by atoms with van der Waals surface area (Å²) in [5.41, 5.74) is 1.90. The Morgan fingerprint density at radius 2 is 1.87 bits per heavy atom. The van der Waals surface area contributed by atoms with Gasteiger partial charge in [0.1, 0.15) is 4.90 Å². The third-order valence-corrected chi connectivity index (χ3v) is 7.17. The first-order valence-corrected chi connectivity index (χ1v) is 12.3. The van der Waals surface area contributed by atoms with Crippen molar-refractivity contribution in [2.24, 2.45) is 0 Å². The molecular weight excluding hydrogens is 438 g/mol. The van der Waals surface area contributed by atoms with Gasteiger partial charge in [0.25, 0.3) is 5.91 Å². The third kappa shape index (κ3) is 5.98. The molecule has 168 valence electrons. The number of anilines is 2. The number of nitrogens with zero attached hydrogens (tertiary/aromatic N) is 1. The van der Waals surface area contributed by atoms with Gasteiger partial charge >= 0.3 is 0 Å². The van der Waals surface area contributed by atoms with Gasteiger partial charge in [0.05, 0.1) is 11.1 Å². The van der Waals surface area contributed by atoms with Crippen LogP contribution in [0.5, 0.6) is 0 Å². The number of rotatable bonds is 9. The molecule has 0 aromatic heterocycles. The van der Waals surface area contributed by atoms with Crippen LogP contribution >= 0.6 is 11.6 Å². The molecule has 0 bridgehead atoms. The number of hydrogen-bond acceptors (Lipinski definition) is 5. The van der Waals surface area contributed by atoms with Crippen molar-refractivity contribution in [2.75, 3.05) is 36.5 Å². The molecule has 1 amide bonds. The summed E-state index contributed by atoms with van der Waals surface area (Å²) in [6, 6.07) is 11.7. The maximum absolute atomic E-state index is 12.7. The molecule has 0 aliphatic carbocycles. The Morgan fingerprint density at radius 3 is 2.48 bits per heavy atom. The molecule has 0 radical (unpaired) electrons. The predicted octanol–water partition coefficient (Wildman–Crippen LogP) is 3.90. The highest BCUT2D eigenvalue weighted by Gasteiger charge is 2.23.